The van der Waals surface area contributed by atoms with E-state index in [2.05, 4.69) is 13.0 Å². The van der Waals surface area contributed by atoms with Gasteiger partial charge in [-0.05, 0) is 42.3 Å². The van der Waals surface area contributed by atoms with Crippen LogP contribution in [0.25, 0.3) is 11.1 Å². The first-order valence-corrected chi connectivity index (χ1v) is 6.67. The van der Waals surface area contributed by atoms with Gasteiger partial charge in [-0.15, -0.1) is 0 Å². The van der Waals surface area contributed by atoms with Crippen LogP contribution in [-0.2, 0) is 0 Å². The van der Waals surface area contributed by atoms with Crippen LogP contribution in [0.1, 0.15) is 25.3 Å². The third kappa shape index (κ3) is 3.36. The SMILES string of the molecule is CCCCOc1ccc(-c2cc(F)ccc2C#N)cc1. The van der Waals surface area contributed by atoms with E-state index in [-0.39, 0.29) is 5.82 Å². The lowest BCUT2D eigenvalue weighted by Crippen LogP contribution is -1.96. The molecule has 0 atom stereocenters. The molecule has 2 nitrogen and oxygen atoms in total. The summed E-state index contributed by atoms with van der Waals surface area (Å²) in [7, 11) is 0. The summed E-state index contributed by atoms with van der Waals surface area (Å²) in [5, 5.41) is 9.07. The largest absolute Gasteiger partial charge is 0.494 e. The molecule has 3 heteroatoms. The van der Waals surface area contributed by atoms with Crippen molar-refractivity contribution in [1.29, 1.82) is 5.26 Å². The summed E-state index contributed by atoms with van der Waals surface area (Å²) >= 11 is 0. The predicted octanol–water partition coefficient (Wildman–Crippen LogP) is 4.54. The normalized spacial score (nSPS) is 10.1. The Bertz CT molecular complexity index is 614. The summed E-state index contributed by atoms with van der Waals surface area (Å²) in [6.45, 7) is 2.80. The van der Waals surface area contributed by atoms with Gasteiger partial charge in [-0.3, -0.25) is 0 Å². The smallest absolute Gasteiger partial charge is 0.123 e. The van der Waals surface area contributed by atoms with Crippen molar-refractivity contribution in [2.45, 2.75) is 19.8 Å². The van der Waals surface area contributed by atoms with Crippen LogP contribution in [0.4, 0.5) is 4.39 Å². The molecule has 0 bridgehead atoms. The topological polar surface area (TPSA) is 33.0 Å². The Morgan fingerprint density at radius 2 is 1.90 bits per heavy atom. The lowest BCUT2D eigenvalue weighted by molar-refractivity contribution is 0.309. The second-order valence-corrected chi connectivity index (χ2v) is 4.53. The van der Waals surface area contributed by atoms with Crippen molar-refractivity contribution in [3.63, 3.8) is 0 Å². The fourth-order valence-electron chi connectivity index (χ4n) is 1.92. The molecule has 2 rings (SSSR count). The number of hydrogen-bond acceptors (Lipinski definition) is 2. The van der Waals surface area contributed by atoms with E-state index in [0.717, 1.165) is 24.2 Å². The zero-order valence-corrected chi connectivity index (χ0v) is 11.4. The number of hydrogen-bond donors (Lipinski definition) is 0. The van der Waals surface area contributed by atoms with Gasteiger partial charge in [0.05, 0.1) is 18.2 Å². The van der Waals surface area contributed by atoms with Crippen LogP contribution in [0.5, 0.6) is 5.75 Å². The molecule has 0 heterocycles. The second kappa shape index (κ2) is 6.72. The first kappa shape index (κ1) is 14.1. The maximum absolute atomic E-state index is 13.3. The van der Waals surface area contributed by atoms with E-state index in [1.807, 2.05) is 24.3 Å². The minimum absolute atomic E-state index is 0.345. The van der Waals surface area contributed by atoms with Crippen LogP contribution in [0.3, 0.4) is 0 Å². The molecule has 0 unspecified atom stereocenters. The summed E-state index contributed by atoms with van der Waals surface area (Å²) in [6, 6.07) is 13.6. The van der Waals surface area contributed by atoms with Gasteiger partial charge in [-0.1, -0.05) is 25.5 Å². The third-order valence-corrected chi connectivity index (χ3v) is 3.03. The summed E-state index contributed by atoms with van der Waals surface area (Å²) < 4.78 is 18.9. The molecule has 2 aromatic rings. The van der Waals surface area contributed by atoms with Gasteiger partial charge in [-0.25, -0.2) is 4.39 Å². The average Bonchev–Trinajstić information content (AvgIpc) is 2.48. The van der Waals surface area contributed by atoms with Crippen molar-refractivity contribution in [2.75, 3.05) is 6.61 Å². The van der Waals surface area contributed by atoms with E-state index >= 15 is 0 Å². The number of halogens is 1. The molecule has 0 radical (unpaired) electrons. The lowest BCUT2D eigenvalue weighted by atomic mass is 10.0. The first-order valence-electron chi connectivity index (χ1n) is 6.67. The molecule has 0 spiro atoms. The molecule has 0 aliphatic heterocycles. The van der Waals surface area contributed by atoms with Crippen LogP contribution in [-0.4, -0.2) is 6.61 Å². The van der Waals surface area contributed by atoms with Crippen molar-refractivity contribution in [2.24, 2.45) is 0 Å². The van der Waals surface area contributed by atoms with Crippen molar-refractivity contribution in [3.05, 3.63) is 53.8 Å². The third-order valence-electron chi connectivity index (χ3n) is 3.03. The first-order chi connectivity index (χ1) is 9.74. The fraction of sp³-hybridized carbons (Fsp3) is 0.235. The van der Waals surface area contributed by atoms with Crippen LogP contribution >= 0.6 is 0 Å². The summed E-state index contributed by atoms with van der Waals surface area (Å²) in [6.07, 6.45) is 2.11. The van der Waals surface area contributed by atoms with Gasteiger partial charge >= 0.3 is 0 Å². The number of rotatable bonds is 5. The molecule has 20 heavy (non-hydrogen) atoms. The number of nitrogens with zero attached hydrogens (tertiary/aromatic N) is 1. The second-order valence-electron chi connectivity index (χ2n) is 4.53. The Labute approximate surface area is 118 Å². The minimum atomic E-state index is -0.345. The number of benzene rings is 2. The number of nitriles is 1. The van der Waals surface area contributed by atoms with E-state index in [9.17, 15) is 4.39 Å². The van der Waals surface area contributed by atoms with Gasteiger partial charge in [0.1, 0.15) is 11.6 Å². The maximum atomic E-state index is 13.3. The molecule has 0 aromatic heterocycles. The summed E-state index contributed by atoms with van der Waals surface area (Å²) in [5.41, 5.74) is 1.88. The minimum Gasteiger partial charge on any atom is -0.494 e. The molecule has 0 aliphatic carbocycles. The molecule has 0 saturated carbocycles. The quantitative estimate of drug-likeness (QED) is 0.746. The van der Waals surface area contributed by atoms with Crippen LogP contribution in [0.2, 0.25) is 0 Å². The Morgan fingerprint density at radius 1 is 1.15 bits per heavy atom. The fourth-order valence-corrected chi connectivity index (χ4v) is 1.92. The van der Waals surface area contributed by atoms with Gasteiger partial charge < -0.3 is 4.74 Å². The van der Waals surface area contributed by atoms with Crippen LogP contribution in [0.15, 0.2) is 42.5 Å². The Balaban J connectivity index is 2.22. The molecule has 0 fully saturated rings. The summed E-state index contributed by atoms with van der Waals surface area (Å²) in [4.78, 5) is 0. The van der Waals surface area contributed by atoms with Gasteiger partial charge in [0, 0.05) is 5.56 Å². The highest BCUT2D eigenvalue weighted by molar-refractivity contribution is 5.70. The number of ether oxygens (including phenoxy) is 1. The Morgan fingerprint density at radius 3 is 2.55 bits per heavy atom. The molecular weight excluding hydrogens is 253 g/mol. The van der Waals surface area contributed by atoms with Gasteiger partial charge in [0.25, 0.3) is 0 Å². The van der Waals surface area contributed by atoms with E-state index in [4.69, 9.17) is 10.00 Å². The van der Waals surface area contributed by atoms with E-state index < -0.39 is 0 Å². The standard InChI is InChI=1S/C17H16FNO/c1-2-3-10-20-16-8-5-13(6-9-16)17-11-15(18)7-4-14(17)12-19/h4-9,11H,2-3,10H2,1H3. The molecule has 0 amide bonds. The molecule has 0 aliphatic rings. The highest BCUT2D eigenvalue weighted by Crippen LogP contribution is 2.26. The monoisotopic (exact) mass is 269 g/mol. The molecular formula is C17H16FNO. The molecule has 102 valence electrons. The Kier molecular flexibility index (Phi) is 4.73. The van der Waals surface area contributed by atoms with Crippen molar-refractivity contribution in [3.8, 4) is 22.9 Å². The molecule has 0 saturated heterocycles. The zero-order valence-electron chi connectivity index (χ0n) is 11.4. The lowest BCUT2D eigenvalue weighted by Gasteiger charge is -2.08. The summed E-state index contributed by atoms with van der Waals surface area (Å²) in [5.74, 6) is 0.444. The van der Waals surface area contributed by atoms with E-state index in [1.165, 1.54) is 18.2 Å². The van der Waals surface area contributed by atoms with Gasteiger partial charge in [-0.2, -0.15) is 5.26 Å². The average molecular weight is 269 g/mol. The van der Waals surface area contributed by atoms with Crippen molar-refractivity contribution >= 4 is 0 Å². The van der Waals surface area contributed by atoms with E-state index in [0.29, 0.717) is 17.7 Å². The highest BCUT2D eigenvalue weighted by atomic mass is 19.1. The highest BCUT2D eigenvalue weighted by Gasteiger charge is 2.06. The Hall–Kier alpha value is -2.34. The van der Waals surface area contributed by atoms with Crippen LogP contribution in [0, 0.1) is 17.1 Å². The van der Waals surface area contributed by atoms with Crippen LogP contribution < -0.4 is 4.74 Å². The zero-order chi connectivity index (χ0) is 14.4. The maximum Gasteiger partial charge on any atom is 0.123 e. The molecule has 2 aromatic carbocycles. The van der Waals surface area contributed by atoms with Crippen molar-refractivity contribution < 1.29 is 9.13 Å². The predicted molar refractivity (Wildman–Crippen MR) is 77.0 cm³/mol. The number of unbranched alkanes of at least 4 members (excludes halogenated alkanes) is 1. The molecule has 0 N–H and O–H groups in total. The van der Waals surface area contributed by atoms with Gasteiger partial charge in [0.15, 0.2) is 0 Å². The van der Waals surface area contributed by atoms with Gasteiger partial charge in [0.2, 0.25) is 0 Å². The van der Waals surface area contributed by atoms with E-state index in [1.54, 1.807) is 0 Å². The van der Waals surface area contributed by atoms with Crippen molar-refractivity contribution in [1.82, 2.24) is 0 Å².